The molecule has 23 heavy (non-hydrogen) atoms. The quantitative estimate of drug-likeness (QED) is 0.692. The lowest BCUT2D eigenvalue weighted by molar-refractivity contribution is 0.186. The molecule has 2 rings (SSSR count). The van der Waals surface area contributed by atoms with Gasteiger partial charge in [-0.2, -0.15) is 5.10 Å². The summed E-state index contributed by atoms with van der Waals surface area (Å²) in [6, 6.07) is 8.58. The first-order valence-corrected chi connectivity index (χ1v) is 7.98. The van der Waals surface area contributed by atoms with Crippen molar-refractivity contribution in [2.45, 2.75) is 19.8 Å². The number of hydrogen-bond donors (Lipinski definition) is 0. The van der Waals surface area contributed by atoms with E-state index in [0.717, 1.165) is 17.9 Å². The van der Waals surface area contributed by atoms with Gasteiger partial charge in [-0.3, -0.25) is 4.90 Å². The summed E-state index contributed by atoms with van der Waals surface area (Å²) >= 11 is 5.44. The molecule has 6 nitrogen and oxygen atoms in total. The molecule has 0 amide bonds. The molecule has 126 valence electrons. The molecule has 1 heterocycles. The topological polar surface area (TPSA) is 38.5 Å². The number of anilines is 1. The van der Waals surface area contributed by atoms with Crippen LogP contribution < -0.4 is 4.90 Å². The summed E-state index contributed by atoms with van der Waals surface area (Å²) in [5, 5.41) is 4.36. The minimum absolute atomic E-state index is 0.633. The predicted octanol–water partition coefficient (Wildman–Crippen LogP) is 2.22. The van der Waals surface area contributed by atoms with Crippen molar-refractivity contribution < 1.29 is 4.74 Å². The highest BCUT2D eigenvalue weighted by Gasteiger charge is 2.06. The Morgan fingerprint density at radius 1 is 1.17 bits per heavy atom. The van der Waals surface area contributed by atoms with Crippen molar-refractivity contribution in [2.75, 3.05) is 39.8 Å². The van der Waals surface area contributed by atoms with E-state index in [1.165, 1.54) is 11.3 Å². The second-order valence-corrected chi connectivity index (χ2v) is 6.18. The number of hydrogen-bond acceptors (Lipinski definition) is 5. The average molecular weight is 335 g/mol. The Hall–Kier alpha value is -1.70. The van der Waals surface area contributed by atoms with Gasteiger partial charge in [0.2, 0.25) is 0 Å². The Morgan fingerprint density at radius 2 is 1.87 bits per heavy atom. The van der Waals surface area contributed by atoms with Gasteiger partial charge in [-0.25, -0.2) is 4.68 Å². The number of ether oxygens (including phenoxy) is 1. The fourth-order valence-corrected chi connectivity index (χ4v) is 2.54. The Bertz CT molecular complexity index is 662. The van der Waals surface area contributed by atoms with Crippen LogP contribution in [0.2, 0.25) is 0 Å². The molecule has 0 N–H and O–H groups in total. The van der Waals surface area contributed by atoms with E-state index >= 15 is 0 Å². The van der Waals surface area contributed by atoms with Crippen LogP contribution in [0, 0.1) is 4.77 Å². The van der Waals surface area contributed by atoms with Crippen molar-refractivity contribution in [2.24, 2.45) is 0 Å². The van der Waals surface area contributed by atoms with E-state index in [4.69, 9.17) is 17.0 Å². The highest BCUT2D eigenvalue weighted by Crippen LogP contribution is 2.13. The molecule has 2 aromatic rings. The van der Waals surface area contributed by atoms with Crippen LogP contribution in [0.1, 0.15) is 5.56 Å². The second-order valence-electron chi connectivity index (χ2n) is 5.82. The maximum absolute atomic E-state index is 5.44. The van der Waals surface area contributed by atoms with Gasteiger partial charge in [0.15, 0.2) is 4.77 Å². The summed E-state index contributed by atoms with van der Waals surface area (Å²) in [5.74, 6) is 0. The minimum Gasteiger partial charge on any atom is -0.383 e. The van der Waals surface area contributed by atoms with Crippen molar-refractivity contribution in [1.29, 1.82) is 0 Å². The summed E-state index contributed by atoms with van der Waals surface area (Å²) in [6.45, 7) is 2.87. The Morgan fingerprint density at radius 3 is 2.48 bits per heavy atom. The normalized spacial score (nSPS) is 11.2. The standard InChI is InChI=1S/C16H25N5OS/c1-18(2)15-7-5-14(6-8-15)11-19(3)13-21-16(23)20(12-17-21)9-10-22-4/h5-8,12H,9-11,13H2,1-4H3. The van der Waals surface area contributed by atoms with Gasteiger partial charge >= 0.3 is 0 Å². The number of aromatic nitrogens is 3. The van der Waals surface area contributed by atoms with E-state index in [1.807, 2.05) is 23.3 Å². The lowest BCUT2D eigenvalue weighted by atomic mass is 10.2. The second kappa shape index (κ2) is 8.24. The lowest BCUT2D eigenvalue weighted by Crippen LogP contribution is -2.22. The molecular weight excluding hydrogens is 310 g/mol. The molecule has 7 heteroatoms. The Kier molecular flexibility index (Phi) is 6.32. The lowest BCUT2D eigenvalue weighted by Gasteiger charge is -2.18. The van der Waals surface area contributed by atoms with Crippen LogP contribution >= 0.6 is 12.2 Å². The molecule has 0 bridgehead atoms. The molecule has 0 radical (unpaired) electrons. The van der Waals surface area contributed by atoms with Gasteiger partial charge in [-0.05, 0) is 37.0 Å². The van der Waals surface area contributed by atoms with Crippen molar-refractivity contribution in [3.05, 3.63) is 40.9 Å². The number of nitrogens with zero attached hydrogens (tertiary/aromatic N) is 5. The van der Waals surface area contributed by atoms with Crippen LogP contribution in [0.25, 0.3) is 0 Å². The maximum Gasteiger partial charge on any atom is 0.198 e. The SMILES string of the molecule is COCCn1cnn(CN(C)Cc2ccc(N(C)C)cc2)c1=S. The van der Waals surface area contributed by atoms with Crippen LogP contribution in [0.4, 0.5) is 5.69 Å². The van der Waals surface area contributed by atoms with E-state index in [0.29, 0.717) is 13.3 Å². The summed E-state index contributed by atoms with van der Waals surface area (Å²) in [7, 11) is 7.84. The summed E-state index contributed by atoms with van der Waals surface area (Å²) in [4.78, 5) is 4.29. The smallest absolute Gasteiger partial charge is 0.198 e. The molecule has 0 aliphatic carbocycles. The van der Waals surface area contributed by atoms with Crippen LogP contribution in [0.3, 0.4) is 0 Å². The third kappa shape index (κ3) is 4.89. The fraction of sp³-hybridized carbons (Fsp3) is 0.500. The predicted molar refractivity (Wildman–Crippen MR) is 95.2 cm³/mol. The zero-order valence-electron chi connectivity index (χ0n) is 14.3. The molecular formula is C16H25N5OS. The van der Waals surface area contributed by atoms with Gasteiger partial charge < -0.3 is 14.2 Å². The highest BCUT2D eigenvalue weighted by molar-refractivity contribution is 7.71. The van der Waals surface area contributed by atoms with Crippen LogP contribution in [0.5, 0.6) is 0 Å². The van der Waals surface area contributed by atoms with Gasteiger partial charge in [0, 0.05) is 40.0 Å². The molecule has 1 aromatic heterocycles. The van der Waals surface area contributed by atoms with Gasteiger partial charge in [-0.15, -0.1) is 0 Å². The molecule has 0 spiro atoms. The summed E-state index contributed by atoms with van der Waals surface area (Å²) in [5.41, 5.74) is 2.47. The van der Waals surface area contributed by atoms with Crippen LogP contribution in [-0.2, 0) is 24.5 Å². The molecule has 0 atom stereocenters. The highest BCUT2D eigenvalue weighted by atomic mass is 32.1. The molecule has 0 aliphatic heterocycles. The van der Waals surface area contributed by atoms with E-state index in [1.54, 1.807) is 13.4 Å². The molecule has 0 saturated heterocycles. The number of benzene rings is 1. The van der Waals surface area contributed by atoms with Gasteiger partial charge in [-0.1, -0.05) is 12.1 Å². The van der Waals surface area contributed by atoms with E-state index < -0.39 is 0 Å². The Balaban J connectivity index is 1.95. The fourth-order valence-electron chi connectivity index (χ4n) is 2.30. The van der Waals surface area contributed by atoms with E-state index in [-0.39, 0.29) is 0 Å². The first-order chi connectivity index (χ1) is 11.0. The minimum atomic E-state index is 0.633. The monoisotopic (exact) mass is 335 g/mol. The molecule has 1 aromatic carbocycles. The van der Waals surface area contributed by atoms with Crippen molar-refractivity contribution in [3.8, 4) is 0 Å². The molecule has 0 fully saturated rings. The molecule has 0 aliphatic rings. The van der Waals surface area contributed by atoms with E-state index in [2.05, 4.69) is 46.2 Å². The van der Waals surface area contributed by atoms with Crippen LogP contribution in [-0.4, -0.2) is 54.1 Å². The van der Waals surface area contributed by atoms with Gasteiger partial charge in [0.25, 0.3) is 0 Å². The number of rotatable bonds is 8. The van der Waals surface area contributed by atoms with Gasteiger partial charge in [0.05, 0.1) is 13.3 Å². The third-order valence-corrected chi connectivity index (χ3v) is 4.06. The average Bonchev–Trinajstić information content (AvgIpc) is 2.86. The summed E-state index contributed by atoms with van der Waals surface area (Å²) < 4.78 is 9.56. The first kappa shape index (κ1) is 17.7. The van der Waals surface area contributed by atoms with Crippen molar-refractivity contribution >= 4 is 17.9 Å². The number of methoxy groups -OCH3 is 1. The summed E-state index contributed by atoms with van der Waals surface area (Å²) in [6.07, 6.45) is 1.76. The largest absolute Gasteiger partial charge is 0.383 e. The zero-order valence-corrected chi connectivity index (χ0v) is 15.1. The maximum atomic E-state index is 5.44. The zero-order chi connectivity index (χ0) is 16.8. The molecule has 0 saturated carbocycles. The Labute approximate surface area is 142 Å². The van der Waals surface area contributed by atoms with Crippen LogP contribution in [0.15, 0.2) is 30.6 Å². The third-order valence-electron chi connectivity index (χ3n) is 3.61. The molecule has 0 unspecified atom stereocenters. The first-order valence-electron chi connectivity index (χ1n) is 7.57. The van der Waals surface area contributed by atoms with Crippen molar-refractivity contribution in [1.82, 2.24) is 19.2 Å². The van der Waals surface area contributed by atoms with Crippen molar-refractivity contribution in [3.63, 3.8) is 0 Å². The van der Waals surface area contributed by atoms with Gasteiger partial charge in [0.1, 0.15) is 6.33 Å². The van der Waals surface area contributed by atoms with E-state index in [9.17, 15) is 0 Å².